The van der Waals surface area contributed by atoms with Gasteiger partial charge in [-0.15, -0.1) is 0 Å². The highest BCUT2D eigenvalue weighted by Gasteiger charge is 2.30. The minimum Gasteiger partial charge on any atom is -0.338 e. The van der Waals surface area contributed by atoms with Gasteiger partial charge in [-0.25, -0.2) is 0 Å². The van der Waals surface area contributed by atoms with E-state index in [9.17, 15) is 0 Å². The second-order valence-electron chi connectivity index (χ2n) is 13.6. The van der Waals surface area contributed by atoms with Crippen LogP contribution in [0.1, 0.15) is 45.4 Å². The maximum Gasteiger partial charge on any atom is 0.0556 e. The van der Waals surface area contributed by atoms with Crippen LogP contribution in [0.3, 0.4) is 0 Å². The molecule has 4 unspecified atom stereocenters. The Morgan fingerprint density at radius 3 is 2.36 bits per heavy atom. The van der Waals surface area contributed by atoms with Gasteiger partial charge in [-0.05, 0) is 115 Å². The Labute approximate surface area is 280 Å². The fourth-order valence-electron chi connectivity index (χ4n) is 8.12. The van der Waals surface area contributed by atoms with Crippen molar-refractivity contribution in [3.05, 3.63) is 180 Å². The zero-order valence-electron chi connectivity index (χ0n) is 27.4. The van der Waals surface area contributed by atoms with E-state index < -0.39 is 0 Å². The monoisotopic (exact) mass is 612 g/mol. The molecule has 0 aliphatic heterocycles. The van der Waals surface area contributed by atoms with Gasteiger partial charge in [-0.1, -0.05) is 116 Å². The summed E-state index contributed by atoms with van der Waals surface area (Å²) < 4.78 is 0. The molecule has 5 aliphatic carbocycles. The third-order valence-electron chi connectivity index (χ3n) is 10.6. The van der Waals surface area contributed by atoms with E-state index in [1.807, 2.05) is 0 Å². The van der Waals surface area contributed by atoms with Crippen LogP contribution in [0.2, 0.25) is 0 Å². The molecule has 2 nitrogen and oxygen atoms in total. The van der Waals surface area contributed by atoms with Gasteiger partial charge in [0.15, 0.2) is 0 Å². The van der Waals surface area contributed by atoms with Crippen molar-refractivity contribution in [1.82, 2.24) is 4.90 Å². The summed E-state index contributed by atoms with van der Waals surface area (Å²) in [6, 6.07) is 26.6. The summed E-state index contributed by atoms with van der Waals surface area (Å²) in [4.78, 5) is 5.09. The smallest absolute Gasteiger partial charge is 0.0556 e. The average molecular weight is 613 g/mol. The topological polar surface area (TPSA) is 6.48 Å². The summed E-state index contributed by atoms with van der Waals surface area (Å²) >= 11 is 0. The third kappa shape index (κ3) is 6.05. The molecule has 3 aromatic carbocycles. The largest absolute Gasteiger partial charge is 0.338 e. The summed E-state index contributed by atoms with van der Waals surface area (Å²) in [6.07, 6.45) is 37.5. The van der Waals surface area contributed by atoms with Gasteiger partial charge in [0.25, 0.3) is 0 Å². The van der Waals surface area contributed by atoms with E-state index in [4.69, 9.17) is 0 Å². The summed E-state index contributed by atoms with van der Waals surface area (Å²) in [6.45, 7) is 2.42. The van der Waals surface area contributed by atoms with Crippen molar-refractivity contribution in [3.63, 3.8) is 0 Å². The molecule has 234 valence electrons. The predicted molar refractivity (Wildman–Crippen MR) is 199 cm³/mol. The molecule has 4 atom stereocenters. The normalized spacial score (nSPS) is 24.9. The first-order valence-electron chi connectivity index (χ1n) is 17.6. The number of hydrogen-bond donors (Lipinski definition) is 0. The number of benzene rings is 3. The predicted octanol–water partition coefficient (Wildman–Crippen LogP) is 11.7. The van der Waals surface area contributed by atoms with E-state index in [2.05, 4.69) is 169 Å². The summed E-state index contributed by atoms with van der Waals surface area (Å²) in [5.74, 6) is 1.62. The average Bonchev–Trinajstić information content (AvgIpc) is 3.13. The molecular formula is C45H44N2. The molecule has 0 saturated heterocycles. The number of para-hydroxylation sites is 1. The fraction of sp³-hybridized carbons (Fsp3) is 0.244. The van der Waals surface area contributed by atoms with Gasteiger partial charge in [0.05, 0.1) is 6.04 Å². The Bertz CT molecular complexity index is 1920. The van der Waals surface area contributed by atoms with Crippen molar-refractivity contribution in [2.45, 2.75) is 51.5 Å². The first-order chi connectivity index (χ1) is 23.2. The number of allylic oxidation sites excluding steroid dienone is 15. The van der Waals surface area contributed by atoms with Crippen LogP contribution in [-0.4, -0.2) is 10.9 Å². The van der Waals surface area contributed by atoms with Crippen molar-refractivity contribution in [3.8, 4) is 0 Å². The lowest BCUT2D eigenvalue weighted by Gasteiger charge is -2.40. The minimum atomic E-state index is 0.360. The Kier molecular flexibility index (Phi) is 8.26. The van der Waals surface area contributed by atoms with Crippen LogP contribution in [-0.2, 0) is 0 Å². The first-order valence-corrected chi connectivity index (χ1v) is 17.6. The minimum absolute atomic E-state index is 0.360. The Hall–Kier alpha value is -4.82. The van der Waals surface area contributed by atoms with Gasteiger partial charge in [0.1, 0.15) is 0 Å². The molecule has 0 aromatic heterocycles. The van der Waals surface area contributed by atoms with Crippen LogP contribution in [0.15, 0.2) is 180 Å². The van der Waals surface area contributed by atoms with Crippen LogP contribution in [0.25, 0.3) is 10.8 Å². The van der Waals surface area contributed by atoms with Gasteiger partial charge in [0, 0.05) is 34.4 Å². The van der Waals surface area contributed by atoms with Crippen molar-refractivity contribution in [2.75, 3.05) is 4.90 Å². The van der Waals surface area contributed by atoms with Gasteiger partial charge < -0.3 is 9.80 Å². The van der Waals surface area contributed by atoms with Crippen LogP contribution in [0.4, 0.5) is 11.4 Å². The lowest BCUT2D eigenvalue weighted by atomic mass is 9.79. The highest BCUT2D eigenvalue weighted by molar-refractivity contribution is 5.87. The van der Waals surface area contributed by atoms with E-state index in [0.29, 0.717) is 23.8 Å². The van der Waals surface area contributed by atoms with Crippen molar-refractivity contribution < 1.29 is 0 Å². The second kappa shape index (κ2) is 13.1. The Balaban J connectivity index is 1.10. The molecule has 47 heavy (non-hydrogen) atoms. The first kappa shape index (κ1) is 29.6. The molecule has 8 rings (SSSR count). The lowest BCUT2D eigenvalue weighted by molar-refractivity contribution is 0.336. The lowest BCUT2D eigenvalue weighted by Crippen LogP contribution is -2.35. The number of anilines is 2. The number of rotatable bonds is 7. The van der Waals surface area contributed by atoms with Crippen LogP contribution >= 0.6 is 0 Å². The van der Waals surface area contributed by atoms with E-state index in [0.717, 1.165) is 25.7 Å². The molecule has 0 radical (unpaired) electrons. The highest BCUT2D eigenvalue weighted by atomic mass is 15.2. The maximum atomic E-state index is 2.64. The zero-order valence-corrected chi connectivity index (χ0v) is 27.4. The van der Waals surface area contributed by atoms with E-state index in [1.165, 1.54) is 63.2 Å². The molecule has 0 fully saturated rings. The molecule has 2 heteroatoms. The molecule has 0 heterocycles. The fourth-order valence-corrected chi connectivity index (χ4v) is 8.12. The standard InChI is InChI=1S/C45H44N2/c1-33-30-42(47(40-18-6-3-7-19-40)44-27-21-35-13-9-11-15-38(35)32-44)28-29-45(33)36-22-24-41(25-23-36)46(39-16-4-2-5-17-39)43-26-20-34-12-8-10-14-37(34)31-43/h2-10,12-14,16-18,20-22,24,26-29,31-33,35,38,40H,11,15,19,23,25,30H2,1H3. The molecule has 3 aromatic rings. The Morgan fingerprint density at radius 1 is 0.702 bits per heavy atom. The molecule has 5 aliphatic rings. The molecule has 0 amide bonds. The zero-order chi connectivity index (χ0) is 31.6. The van der Waals surface area contributed by atoms with Gasteiger partial charge in [0.2, 0.25) is 0 Å². The van der Waals surface area contributed by atoms with Crippen LogP contribution in [0, 0.1) is 17.8 Å². The number of fused-ring (bicyclic) bond motifs is 2. The molecule has 0 N–H and O–H groups in total. The number of hydrogen-bond acceptors (Lipinski definition) is 2. The third-order valence-corrected chi connectivity index (χ3v) is 10.6. The molecule has 0 saturated carbocycles. The van der Waals surface area contributed by atoms with E-state index in [-0.39, 0.29) is 0 Å². The molecular weight excluding hydrogens is 569 g/mol. The van der Waals surface area contributed by atoms with Gasteiger partial charge >= 0.3 is 0 Å². The summed E-state index contributed by atoms with van der Waals surface area (Å²) in [7, 11) is 0. The second-order valence-corrected chi connectivity index (χ2v) is 13.6. The molecule has 0 spiro atoms. The SMILES string of the molecule is CC1CC(N(C2=CC3CCC=CC3C=C2)C2C=CC=CC2)=CC=C1C1=CC=C(N(c2ccccc2)c2ccc3ccccc3c2)CC1. The van der Waals surface area contributed by atoms with Gasteiger partial charge in [-0.2, -0.15) is 0 Å². The highest BCUT2D eigenvalue weighted by Crippen LogP contribution is 2.42. The summed E-state index contributed by atoms with van der Waals surface area (Å²) in [5, 5.41) is 2.54. The van der Waals surface area contributed by atoms with Crippen molar-refractivity contribution in [1.29, 1.82) is 0 Å². The van der Waals surface area contributed by atoms with E-state index in [1.54, 1.807) is 0 Å². The maximum absolute atomic E-state index is 2.64. The molecule has 0 bridgehead atoms. The number of nitrogens with zero attached hydrogens (tertiary/aromatic N) is 2. The van der Waals surface area contributed by atoms with Crippen LogP contribution in [0.5, 0.6) is 0 Å². The Morgan fingerprint density at radius 2 is 1.55 bits per heavy atom. The van der Waals surface area contributed by atoms with E-state index >= 15 is 0 Å². The van der Waals surface area contributed by atoms with Crippen molar-refractivity contribution >= 4 is 22.1 Å². The van der Waals surface area contributed by atoms with Crippen molar-refractivity contribution in [2.24, 2.45) is 17.8 Å². The van der Waals surface area contributed by atoms with Crippen LogP contribution < -0.4 is 4.90 Å². The van der Waals surface area contributed by atoms with Gasteiger partial charge in [-0.3, -0.25) is 0 Å². The quantitative estimate of drug-likeness (QED) is 0.245. The summed E-state index contributed by atoms with van der Waals surface area (Å²) in [5.41, 5.74) is 9.54.